The van der Waals surface area contributed by atoms with Gasteiger partial charge >= 0.3 is 0 Å². The third-order valence-electron chi connectivity index (χ3n) is 4.93. The number of aliphatic imine (C=N–C) groups is 1. The van der Waals surface area contributed by atoms with Gasteiger partial charge in [0.2, 0.25) is 0 Å². The van der Waals surface area contributed by atoms with E-state index in [1.165, 1.54) is 25.7 Å². The highest BCUT2D eigenvalue weighted by Crippen LogP contribution is 2.45. The molecule has 0 unspecified atom stereocenters. The molecule has 6 nitrogen and oxygen atoms in total. The topological polar surface area (TPSA) is 88.7 Å². The van der Waals surface area contributed by atoms with Gasteiger partial charge < -0.3 is 21.1 Å². The lowest BCUT2D eigenvalue weighted by Gasteiger charge is -2.43. The van der Waals surface area contributed by atoms with Crippen molar-refractivity contribution in [3.63, 3.8) is 0 Å². The minimum atomic E-state index is -0.483. The number of amides is 1. The molecule has 1 aromatic carbocycles. The molecule has 1 amide bonds. The minimum absolute atomic E-state index is 0. The van der Waals surface area contributed by atoms with E-state index in [4.69, 9.17) is 15.5 Å². The fraction of sp³-hybridized carbons (Fsp3) is 0.619. The summed E-state index contributed by atoms with van der Waals surface area (Å²) in [6.45, 7) is 8.89. The maximum atomic E-state index is 10.9. The number of benzene rings is 1. The predicted octanol–water partition coefficient (Wildman–Crippen LogP) is 3.44. The Balaban J connectivity index is 0.00000392. The average Bonchev–Trinajstić information content (AvgIpc) is 2.59. The molecule has 1 aromatic rings. The van der Waals surface area contributed by atoms with Crippen molar-refractivity contribution in [3.05, 3.63) is 29.8 Å². The normalized spacial score (nSPS) is 15.4. The van der Waals surface area contributed by atoms with Gasteiger partial charge in [-0.05, 0) is 55.2 Å². The van der Waals surface area contributed by atoms with Crippen molar-refractivity contribution in [1.82, 2.24) is 10.6 Å². The molecule has 158 valence electrons. The monoisotopic (exact) mass is 502 g/mol. The Hall–Kier alpha value is -1.51. The van der Waals surface area contributed by atoms with Crippen molar-refractivity contribution in [3.8, 4) is 5.75 Å². The van der Waals surface area contributed by atoms with Crippen LogP contribution in [-0.2, 0) is 11.3 Å². The third-order valence-corrected chi connectivity index (χ3v) is 4.93. The molecular formula is C21H35IN4O2. The predicted molar refractivity (Wildman–Crippen MR) is 125 cm³/mol. The lowest BCUT2D eigenvalue weighted by atomic mass is 9.64. The summed E-state index contributed by atoms with van der Waals surface area (Å²) < 4.78 is 5.36. The molecule has 2 rings (SSSR count). The minimum Gasteiger partial charge on any atom is -0.484 e. The number of rotatable bonds is 10. The Labute approximate surface area is 186 Å². The van der Waals surface area contributed by atoms with Crippen molar-refractivity contribution in [1.29, 1.82) is 0 Å². The Morgan fingerprint density at radius 1 is 1.32 bits per heavy atom. The van der Waals surface area contributed by atoms with Gasteiger partial charge in [0.15, 0.2) is 12.6 Å². The van der Waals surface area contributed by atoms with Crippen LogP contribution in [0.4, 0.5) is 0 Å². The van der Waals surface area contributed by atoms with Crippen LogP contribution in [-0.4, -0.2) is 31.6 Å². The van der Waals surface area contributed by atoms with Crippen LogP contribution >= 0.6 is 24.0 Å². The van der Waals surface area contributed by atoms with E-state index in [0.29, 0.717) is 17.7 Å². The molecule has 4 N–H and O–H groups in total. The third kappa shape index (κ3) is 8.24. The number of nitrogens with zero attached hydrogens (tertiary/aromatic N) is 1. The second kappa shape index (κ2) is 12.1. The first-order chi connectivity index (χ1) is 12.9. The van der Waals surface area contributed by atoms with E-state index in [9.17, 15) is 4.79 Å². The van der Waals surface area contributed by atoms with E-state index in [-0.39, 0.29) is 30.6 Å². The lowest BCUT2D eigenvalue weighted by Crippen LogP contribution is -2.47. The second-order valence-electron chi connectivity index (χ2n) is 7.90. The van der Waals surface area contributed by atoms with Crippen LogP contribution < -0.4 is 21.1 Å². The molecular weight excluding hydrogens is 467 g/mol. The number of nitrogens with two attached hydrogens (primary N) is 1. The molecule has 0 atom stereocenters. The Morgan fingerprint density at radius 3 is 2.64 bits per heavy atom. The highest BCUT2D eigenvalue weighted by atomic mass is 127. The molecule has 0 aromatic heterocycles. The van der Waals surface area contributed by atoms with Crippen LogP contribution in [0.5, 0.6) is 5.75 Å². The summed E-state index contributed by atoms with van der Waals surface area (Å²) in [7, 11) is 0. The van der Waals surface area contributed by atoms with Gasteiger partial charge in [-0.1, -0.05) is 32.4 Å². The Bertz CT molecular complexity index is 645. The Kier molecular flexibility index (Phi) is 10.6. The lowest BCUT2D eigenvalue weighted by molar-refractivity contribution is -0.119. The maximum absolute atomic E-state index is 10.9. The van der Waals surface area contributed by atoms with Gasteiger partial charge in [0, 0.05) is 13.1 Å². The van der Waals surface area contributed by atoms with Gasteiger partial charge in [-0.3, -0.25) is 4.79 Å². The van der Waals surface area contributed by atoms with E-state index in [1.807, 2.05) is 24.3 Å². The zero-order valence-electron chi connectivity index (χ0n) is 17.3. The van der Waals surface area contributed by atoms with E-state index in [1.54, 1.807) is 0 Å². The van der Waals surface area contributed by atoms with E-state index in [2.05, 4.69) is 31.4 Å². The average molecular weight is 502 g/mol. The number of carbonyl (C=O) groups is 1. The summed E-state index contributed by atoms with van der Waals surface area (Å²) in [5.74, 6) is 1.71. The van der Waals surface area contributed by atoms with Crippen LogP contribution in [0.15, 0.2) is 29.3 Å². The summed E-state index contributed by atoms with van der Waals surface area (Å²) in [6, 6.07) is 7.60. The maximum Gasteiger partial charge on any atom is 0.255 e. The van der Waals surface area contributed by atoms with Crippen molar-refractivity contribution >= 4 is 35.8 Å². The summed E-state index contributed by atoms with van der Waals surface area (Å²) in [5, 5.41) is 6.87. The molecule has 7 heteroatoms. The van der Waals surface area contributed by atoms with Gasteiger partial charge in [0.1, 0.15) is 5.75 Å². The van der Waals surface area contributed by atoms with Crippen LogP contribution in [0.1, 0.15) is 52.0 Å². The molecule has 1 saturated carbocycles. The fourth-order valence-corrected chi connectivity index (χ4v) is 3.67. The number of nitrogens with one attached hydrogen (secondary N) is 2. The summed E-state index contributed by atoms with van der Waals surface area (Å²) >= 11 is 0. The van der Waals surface area contributed by atoms with E-state index >= 15 is 0 Å². The quantitative estimate of drug-likeness (QED) is 0.260. The number of hydrogen-bond acceptors (Lipinski definition) is 3. The van der Waals surface area contributed by atoms with Gasteiger partial charge in [-0.15, -0.1) is 24.0 Å². The van der Waals surface area contributed by atoms with Crippen LogP contribution in [0, 0.1) is 11.3 Å². The number of primary amides is 1. The zero-order valence-corrected chi connectivity index (χ0v) is 19.6. The van der Waals surface area contributed by atoms with Crippen LogP contribution in [0.25, 0.3) is 0 Å². The summed E-state index contributed by atoms with van der Waals surface area (Å²) in [6.07, 6.45) is 5.20. The van der Waals surface area contributed by atoms with E-state index < -0.39 is 5.91 Å². The first kappa shape index (κ1) is 24.5. The molecule has 1 aliphatic carbocycles. The number of guanidine groups is 1. The van der Waals surface area contributed by atoms with Crippen LogP contribution in [0.2, 0.25) is 0 Å². The van der Waals surface area contributed by atoms with Gasteiger partial charge in [0.25, 0.3) is 5.91 Å². The number of hydrogen-bond donors (Lipinski definition) is 3. The molecule has 28 heavy (non-hydrogen) atoms. The van der Waals surface area contributed by atoms with Crippen molar-refractivity contribution in [2.45, 2.75) is 53.0 Å². The summed E-state index contributed by atoms with van der Waals surface area (Å²) in [4.78, 5) is 15.6. The Morgan fingerprint density at radius 2 is 2.07 bits per heavy atom. The number of carbonyl (C=O) groups excluding carboxylic acids is 1. The van der Waals surface area contributed by atoms with E-state index in [0.717, 1.165) is 30.5 Å². The molecule has 0 heterocycles. The largest absolute Gasteiger partial charge is 0.484 e. The second-order valence-corrected chi connectivity index (χ2v) is 7.90. The number of ether oxygens (including phenoxy) is 1. The van der Waals surface area contributed by atoms with Crippen LogP contribution in [0.3, 0.4) is 0 Å². The highest BCUT2D eigenvalue weighted by Gasteiger charge is 2.37. The first-order valence-electron chi connectivity index (χ1n) is 9.95. The zero-order chi connectivity index (χ0) is 19.7. The van der Waals surface area contributed by atoms with Crippen molar-refractivity contribution in [2.75, 3.05) is 19.7 Å². The smallest absolute Gasteiger partial charge is 0.255 e. The molecule has 1 fully saturated rings. The molecule has 0 spiro atoms. The molecule has 0 radical (unpaired) electrons. The summed E-state index contributed by atoms with van der Waals surface area (Å²) in [5.41, 5.74) is 6.57. The first-order valence-corrected chi connectivity index (χ1v) is 9.95. The molecule has 0 saturated heterocycles. The molecule has 0 aliphatic heterocycles. The number of halogens is 1. The fourth-order valence-electron chi connectivity index (χ4n) is 3.67. The molecule has 1 aliphatic rings. The van der Waals surface area contributed by atoms with Crippen molar-refractivity contribution < 1.29 is 9.53 Å². The van der Waals surface area contributed by atoms with Gasteiger partial charge in [-0.2, -0.15) is 0 Å². The van der Waals surface area contributed by atoms with Gasteiger partial charge in [0.05, 0.1) is 6.54 Å². The van der Waals surface area contributed by atoms with Gasteiger partial charge in [-0.25, -0.2) is 4.99 Å². The standard InChI is InChI=1S/C21H34N4O2.HI/c1-4-23-20(25-15-21(9-6-10-21)12-16(2)3)24-13-17-7-5-8-18(11-17)27-14-19(22)26;/h5,7-8,11,16H,4,6,9-10,12-15H2,1-3H3,(H2,22,26)(H2,23,24,25);1H. The van der Waals surface area contributed by atoms with Crippen molar-refractivity contribution in [2.24, 2.45) is 22.1 Å². The highest BCUT2D eigenvalue weighted by molar-refractivity contribution is 14.0. The molecule has 0 bridgehead atoms. The SMILES string of the molecule is CCNC(=NCc1cccc(OCC(N)=O)c1)NCC1(CC(C)C)CCC1.I.